The maximum absolute atomic E-state index is 13.0. The number of piperidine rings is 1. The first-order chi connectivity index (χ1) is 13.5. The van der Waals surface area contributed by atoms with Crippen LogP contribution < -0.4 is 9.47 Å². The number of H-pyrrole nitrogens is 1. The summed E-state index contributed by atoms with van der Waals surface area (Å²) in [5.74, 6) is 2.01. The summed E-state index contributed by atoms with van der Waals surface area (Å²) in [7, 11) is 3.19. The van der Waals surface area contributed by atoms with Gasteiger partial charge in [-0.1, -0.05) is 13.8 Å². The number of hydrogen-bond acceptors (Lipinski definition) is 5. The third kappa shape index (κ3) is 4.93. The predicted octanol–water partition coefficient (Wildman–Crippen LogP) is 3.72. The van der Waals surface area contributed by atoms with Crippen LogP contribution in [0.15, 0.2) is 24.3 Å². The van der Waals surface area contributed by atoms with E-state index in [1.165, 1.54) is 0 Å². The predicted molar refractivity (Wildman–Crippen MR) is 109 cm³/mol. The molecule has 1 N–H and O–H groups in total. The van der Waals surface area contributed by atoms with Crippen LogP contribution in [0, 0.1) is 11.8 Å². The first-order valence-electron chi connectivity index (χ1n) is 10.0. The van der Waals surface area contributed by atoms with Gasteiger partial charge in [0.25, 0.3) is 0 Å². The zero-order chi connectivity index (χ0) is 20.1. The molecule has 0 aliphatic carbocycles. The van der Waals surface area contributed by atoms with Crippen molar-refractivity contribution in [1.29, 1.82) is 0 Å². The maximum Gasteiger partial charge on any atom is 0.167 e. The van der Waals surface area contributed by atoms with Crippen LogP contribution in [0.1, 0.15) is 48.4 Å². The molecule has 152 valence electrons. The van der Waals surface area contributed by atoms with Gasteiger partial charge in [-0.2, -0.15) is 5.10 Å². The Hall–Kier alpha value is -2.34. The van der Waals surface area contributed by atoms with E-state index in [4.69, 9.17) is 9.47 Å². The van der Waals surface area contributed by atoms with E-state index in [-0.39, 0.29) is 11.7 Å². The highest BCUT2D eigenvalue weighted by molar-refractivity contribution is 5.98. The van der Waals surface area contributed by atoms with Crippen molar-refractivity contribution in [3.8, 4) is 11.5 Å². The Bertz CT molecular complexity index is 800. The smallest absolute Gasteiger partial charge is 0.167 e. The van der Waals surface area contributed by atoms with Crippen molar-refractivity contribution in [3.05, 3.63) is 41.2 Å². The number of benzene rings is 1. The standard InChI is InChI=1S/C22H31N3O3/c1-15(2)10-18-12-19(24-23-18)14-25-9-5-6-17(13-25)22(26)16-7-8-20(27-3)21(11-16)28-4/h7-8,11-12,15,17H,5-6,9-10,13-14H2,1-4H3,(H,23,24). The van der Waals surface area contributed by atoms with Crippen molar-refractivity contribution in [1.82, 2.24) is 15.1 Å². The van der Waals surface area contributed by atoms with E-state index in [2.05, 4.69) is 35.0 Å². The van der Waals surface area contributed by atoms with E-state index in [1.807, 2.05) is 6.07 Å². The summed E-state index contributed by atoms with van der Waals surface area (Å²) in [6.45, 7) is 6.98. The minimum absolute atomic E-state index is 0.00454. The Morgan fingerprint density at radius 2 is 2.04 bits per heavy atom. The number of hydrogen-bond donors (Lipinski definition) is 1. The molecule has 0 bridgehead atoms. The van der Waals surface area contributed by atoms with Crippen molar-refractivity contribution in [3.63, 3.8) is 0 Å². The van der Waals surface area contributed by atoms with Crippen molar-refractivity contribution >= 4 is 5.78 Å². The first kappa shape index (κ1) is 20.4. The molecular weight excluding hydrogens is 354 g/mol. The summed E-state index contributed by atoms with van der Waals surface area (Å²) in [5.41, 5.74) is 2.92. The number of nitrogens with one attached hydrogen (secondary N) is 1. The number of ether oxygens (including phenoxy) is 2. The Labute approximate surface area is 167 Å². The van der Waals surface area contributed by atoms with E-state index >= 15 is 0 Å². The molecule has 1 atom stereocenters. The van der Waals surface area contributed by atoms with Gasteiger partial charge in [-0.25, -0.2) is 0 Å². The fraction of sp³-hybridized carbons (Fsp3) is 0.545. The second-order valence-electron chi connectivity index (χ2n) is 7.99. The first-order valence-corrected chi connectivity index (χ1v) is 10.0. The molecule has 6 heteroatoms. The minimum Gasteiger partial charge on any atom is -0.493 e. The van der Waals surface area contributed by atoms with Crippen molar-refractivity contribution in [2.24, 2.45) is 11.8 Å². The van der Waals surface area contributed by atoms with Crippen LogP contribution in [-0.4, -0.2) is 48.2 Å². The highest BCUT2D eigenvalue weighted by atomic mass is 16.5. The van der Waals surface area contributed by atoms with Gasteiger partial charge in [0.15, 0.2) is 17.3 Å². The van der Waals surface area contributed by atoms with Crippen LogP contribution in [-0.2, 0) is 13.0 Å². The third-order valence-electron chi connectivity index (χ3n) is 5.24. The van der Waals surface area contributed by atoms with Gasteiger partial charge in [0.2, 0.25) is 0 Å². The molecule has 3 rings (SSSR count). The topological polar surface area (TPSA) is 67.5 Å². The zero-order valence-corrected chi connectivity index (χ0v) is 17.3. The molecule has 1 unspecified atom stereocenters. The average Bonchev–Trinajstić information content (AvgIpc) is 3.12. The number of aromatic amines is 1. The number of carbonyl (C=O) groups excluding carboxylic acids is 1. The lowest BCUT2D eigenvalue weighted by molar-refractivity contribution is 0.0809. The fourth-order valence-electron chi connectivity index (χ4n) is 3.89. The number of ketones is 1. The van der Waals surface area contributed by atoms with E-state index in [0.29, 0.717) is 23.0 Å². The second kappa shape index (κ2) is 9.24. The number of rotatable bonds is 8. The van der Waals surface area contributed by atoms with Gasteiger partial charge in [-0.15, -0.1) is 0 Å². The Kier molecular flexibility index (Phi) is 6.73. The van der Waals surface area contributed by atoms with Crippen LogP contribution in [0.25, 0.3) is 0 Å². The van der Waals surface area contributed by atoms with Gasteiger partial charge in [0.05, 0.1) is 19.9 Å². The molecule has 0 saturated carbocycles. The van der Waals surface area contributed by atoms with Crippen LogP contribution in [0.3, 0.4) is 0 Å². The monoisotopic (exact) mass is 385 g/mol. The van der Waals surface area contributed by atoms with Gasteiger partial charge in [0, 0.05) is 30.3 Å². The number of methoxy groups -OCH3 is 2. The highest BCUT2D eigenvalue weighted by Crippen LogP contribution is 2.30. The van der Waals surface area contributed by atoms with Gasteiger partial charge in [-0.05, 0) is 56.0 Å². The number of Topliss-reactive ketones (excluding diaryl/α,β-unsaturated/α-hetero) is 1. The quantitative estimate of drug-likeness (QED) is 0.702. The Balaban J connectivity index is 1.64. The molecule has 1 saturated heterocycles. The molecule has 0 amide bonds. The summed E-state index contributed by atoms with van der Waals surface area (Å²) in [6.07, 6.45) is 2.93. The van der Waals surface area contributed by atoms with E-state index in [1.54, 1.807) is 26.4 Å². The highest BCUT2D eigenvalue weighted by Gasteiger charge is 2.27. The average molecular weight is 386 g/mol. The van der Waals surface area contributed by atoms with E-state index in [9.17, 15) is 4.79 Å². The number of likely N-dealkylation sites (tertiary alicyclic amines) is 1. The van der Waals surface area contributed by atoms with E-state index < -0.39 is 0 Å². The largest absolute Gasteiger partial charge is 0.493 e. The molecule has 1 fully saturated rings. The van der Waals surface area contributed by atoms with Gasteiger partial charge in [0.1, 0.15) is 0 Å². The second-order valence-corrected chi connectivity index (χ2v) is 7.99. The molecule has 1 aliphatic rings. The van der Waals surface area contributed by atoms with Crippen LogP contribution >= 0.6 is 0 Å². The summed E-state index contributed by atoms with van der Waals surface area (Å²) in [5, 5.41) is 7.57. The molecule has 28 heavy (non-hydrogen) atoms. The van der Waals surface area contributed by atoms with Crippen LogP contribution in [0.2, 0.25) is 0 Å². The normalized spacial score (nSPS) is 17.7. The molecule has 1 aromatic heterocycles. The van der Waals surface area contributed by atoms with Crippen molar-refractivity contribution in [2.75, 3.05) is 27.3 Å². The molecule has 1 aliphatic heterocycles. The number of carbonyl (C=O) groups is 1. The lowest BCUT2D eigenvalue weighted by Gasteiger charge is -2.31. The van der Waals surface area contributed by atoms with Crippen molar-refractivity contribution < 1.29 is 14.3 Å². The molecule has 0 spiro atoms. The molecule has 6 nitrogen and oxygen atoms in total. The fourth-order valence-corrected chi connectivity index (χ4v) is 3.89. The maximum atomic E-state index is 13.0. The third-order valence-corrected chi connectivity index (χ3v) is 5.24. The minimum atomic E-state index is 0.00454. The molecule has 0 radical (unpaired) electrons. The SMILES string of the molecule is COc1ccc(C(=O)C2CCCN(Cc3cc(CC(C)C)n[nH]3)C2)cc1OC. The number of aromatic nitrogens is 2. The summed E-state index contributed by atoms with van der Waals surface area (Å²) >= 11 is 0. The van der Waals surface area contributed by atoms with Gasteiger partial charge in [-0.3, -0.25) is 14.8 Å². The Morgan fingerprint density at radius 3 is 2.75 bits per heavy atom. The summed E-state index contributed by atoms with van der Waals surface area (Å²) < 4.78 is 10.6. The van der Waals surface area contributed by atoms with Gasteiger partial charge >= 0.3 is 0 Å². The lowest BCUT2D eigenvalue weighted by Crippen LogP contribution is -2.38. The number of nitrogens with zero attached hydrogens (tertiary/aromatic N) is 2. The summed E-state index contributed by atoms with van der Waals surface area (Å²) in [6, 6.07) is 7.57. The molecular formula is C22H31N3O3. The molecule has 2 aromatic rings. The zero-order valence-electron chi connectivity index (χ0n) is 17.3. The molecule has 1 aromatic carbocycles. The van der Waals surface area contributed by atoms with Gasteiger partial charge < -0.3 is 9.47 Å². The van der Waals surface area contributed by atoms with Crippen molar-refractivity contribution in [2.45, 2.75) is 39.7 Å². The van der Waals surface area contributed by atoms with E-state index in [0.717, 1.165) is 50.3 Å². The molecule has 2 heterocycles. The van der Waals surface area contributed by atoms with Crippen LogP contribution in [0.4, 0.5) is 0 Å². The lowest BCUT2D eigenvalue weighted by atomic mass is 9.89. The Morgan fingerprint density at radius 1 is 1.25 bits per heavy atom. The summed E-state index contributed by atoms with van der Waals surface area (Å²) in [4.78, 5) is 15.4. The van der Waals surface area contributed by atoms with Crippen LogP contribution in [0.5, 0.6) is 11.5 Å².